The first-order valence-electron chi connectivity index (χ1n) is 13.7. The molecule has 214 valence electrons. The van der Waals surface area contributed by atoms with Crippen LogP contribution in [0.15, 0.2) is 66.7 Å². The zero-order chi connectivity index (χ0) is 28.8. The molecule has 0 atom stereocenters. The Hall–Kier alpha value is -4.73. The first-order chi connectivity index (χ1) is 19.9. The summed E-state index contributed by atoms with van der Waals surface area (Å²) in [5.74, 6) is 1.36. The topological polar surface area (TPSA) is 101 Å². The number of rotatable bonds is 9. The largest absolute Gasteiger partial charge is 0.497 e. The van der Waals surface area contributed by atoms with E-state index >= 15 is 0 Å². The minimum atomic E-state index is -0.272. The van der Waals surface area contributed by atoms with Crippen molar-refractivity contribution in [2.45, 2.75) is 13.3 Å². The first kappa shape index (κ1) is 27.8. The van der Waals surface area contributed by atoms with Gasteiger partial charge in [0.1, 0.15) is 12.3 Å². The highest BCUT2D eigenvalue weighted by molar-refractivity contribution is 6.00. The maximum absolute atomic E-state index is 13.1. The van der Waals surface area contributed by atoms with Crippen molar-refractivity contribution in [3.8, 4) is 17.2 Å². The molecule has 2 aliphatic rings. The summed E-state index contributed by atoms with van der Waals surface area (Å²) in [4.78, 5) is 44.5. The Kier molecular flexibility index (Phi) is 8.57. The van der Waals surface area contributed by atoms with Crippen LogP contribution in [0.1, 0.15) is 34.1 Å². The normalized spacial score (nSPS) is 14.0. The molecule has 1 fully saturated rings. The number of carbonyl (C=O) groups is 3. The SMILES string of the molecule is CCCN(CC(=O)Nc1ccc(N2CCN(C(=O)c3ccc(OC)cc3)CC2)cc1)C(=O)c1ccc2c(c1)OCO2. The molecule has 0 radical (unpaired) electrons. The van der Waals surface area contributed by atoms with Gasteiger partial charge in [0.25, 0.3) is 11.8 Å². The van der Waals surface area contributed by atoms with E-state index in [1.54, 1.807) is 49.6 Å². The molecule has 3 amide bonds. The van der Waals surface area contributed by atoms with Crippen LogP contribution in [0.25, 0.3) is 0 Å². The van der Waals surface area contributed by atoms with Crippen molar-refractivity contribution < 1.29 is 28.6 Å². The summed E-state index contributed by atoms with van der Waals surface area (Å²) in [6.07, 6.45) is 0.719. The predicted octanol–water partition coefficient (Wildman–Crippen LogP) is 3.88. The zero-order valence-electron chi connectivity index (χ0n) is 23.3. The van der Waals surface area contributed by atoms with E-state index in [0.29, 0.717) is 61.0 Å². The first-order valence-corrected chi connectivity index (χ1v) is 13.7. The third-order valence-electron chi connectivity index (χ3n) is 7.15. The third-order valence-corrected chi connectivity index (χ3v) is 7.15. The average molecular weight is 559 g/mol. The van der Waals surface area contributed by atoms with Gasteiger partial charge in [0.05, 0.1) is 7.11 Å². The van der Waals surface area contributed by atoms with Gasteiger partial charge in [0.15, 0.2) is 11.5 Å². The Morgan fingerprint density at radius 1 is 0.878 bits per heavy atom. The van der Waals surface area contributed by atoms with Gasteiger partial charge in [-0.3, -0.25) is 14.4 Å². The highest BCUT2D eigenvalue weighted by Crippen LogP contribution is 2.33. The molecule has 3 aromatic carbocycles. The number of benzene rings is 3. The number of methoxy groups -OCH3 is 1. The van der Waals surface area contributed by atoms with Crippen molar-refractivity contribution >= 4 is 29.1 Å². The minimum absolute atomic E-state index is 0.0134. The number of fused-ring (bicyclic) bond motifs is 1. The molecule has 2 heterocycles. The number of amides is 3. The minimum Gasteiger partial charge on any atom is -0.497 e. The molecular formula is C31H34N4O6. The molecule has 1 saturated heterocycles. The van der Waals surface area contributed by atoms with Gasteiger partial charge in [0.2, 0.25) is 12.7 Å². The molecule has 0 saturated carbocycles. The smallest absolute Gasteiger partial charge is 0.254 e. The molecule has 0 bridgehead atoms. The Bertz CT molecular complexity index is 1380. The van der Waals surface area contributed by atoms with Crippen LogP contribution in [-0.2, 0) is 4.79 Å². The second-order valence-corrected chi connectivity index (χ2v) is 9.90. The van der Waals surface area contributed by atoms with Crippen molar-refractivity contribution in [1.82, 2.24) is 9.80 Å². The van der Waals surface area contributed by atoms with Crippen LogP contribution >= 0.6 is 0 Å². The van der Waals surface area contributed by atoms with Crippen molar-refractivity contribution in [3.05, 3.63) is 77.9 Å². The lowest BCUT2D eigenvalue weighted by molar-refractivity contribution is -0.116. The number of ether oxygens (including phenoxy) is 3. The molecule has 10 nitrogen and oxygen atoms in total. The van der Waals surface area contributed by atoms with Crippen LogP contribution in [0.5, 0.6) is 17.2 Å². The van der Waals surface area contributed by atoms with E-state index in [2.05, 4.69) is 10.2 Å². The number of hydrogen-bond acceptors (Lipinski definition) is 7. The molecule has 5 rings (SSSR count). The Balaban J connectivity index is 1.13. The molecule has 10 heteroatoms. The molecule has 0 spiro atoms. The third kappa shape index (κ3) is 6.54. The highest BCUT2D eigenvalue weighted by atomic mass is 16.7. The molecule has 2 aliphatic heterocycles. The molecule has 0 aromatic heterocycles. The number of nitrogens with zero attached hydrogens (tertiary/aromatic N) is 3. The van der Waals surface area contributed by atoms with Gasteiger partial charge in [-0.25, -0.2) is 0 Å². The van der Waals surface area contributed by atoms with Crippen LogP contribution < -0.4 is 24.4 Å². The van der Waals surface area contributed by atoms with E-state index in [1.165, 1.54) is 4.90 Å². The number of nitrogens with one attached hydrogen (secondary N) is 1. The van der Waals surface area contributed by atoms with Gasteiger partial charge < -0.3 is 34.2 Å². The van der Waals surface area contributed by atoms with E-state index < -0.39 is 0 Å². The van der Waals surface area contributed by atoms with Gasteiger partial charge in [-0.15, -0.1) is 0 Å². The number of carbonyl (C=O) groups excluding carboxylic acids is 3. The summed E-state index contributed by atoms with van der Waals surface area (Å²) < 4.78 is 15.9. The van der Waals surface area contributed by atoms with Gasteiger partial charge in [-0.1, -0.05) is 6.92 Å². The zero-order valence-corrected chi connectivity index (χ0v) is 23.3. The molecule has 41 heavy (non-hydrogen) atoms. The number of piperazine rings is 1. The van der Waals surface area contributed by atoms with Crippen LogP contribution in [0.2, 0.25) is 0 Å². The maximum Gasteiger partial charge on any atom is 0.254 e. The summed E-state index contributed by atoms with van der Waals surface area (Å²) in [5.41, 5.74) is 2.77. The monoisotopic (exact) mass is 558 g/mol. The summed E-state index contributed by atoms with van der Waals surface area (Å²) in [6.45, 7) is 5.14. The predicted molar refractivity (Wildman–Crippen MR) is 155 cm³/mol. The van der Waals surface area contributed by atoms with Crippen molar-refractivity contribution in [2.24, 2.45) is 0 Å². The highest BCUT2D eigenvalue weighted by Gasteiger charge is 2.24. The van der Waals surface area contributed by atoms with Gasteiger partial charge >= 0.3 is 0 Å². The van der Waals surface area contributed by atoms with Crippen LogP contribution in [0, 0.1) is 0 Å². The molecule has 0 aliphatic carbocycles. The lowest BCUT2D eigenvalue weighted by atomic mass is 10.1. The standard InChI is InChI=1S/C31H34N4O6/c1-3-14-35(31(38)23-6-13-27-28(19-23)41-21-40-27)20-29(36)32-24-7-9-25(10-8-24)33-15-17-34(18-16-33)30(37)22-4-11-26(39-2)12-5-22/h4-13,19H,3,14-18,20-21H2,1-2H3,(H,32,36). The van der Waals surface area contributed by atoms with E-state index in [-0.39, 0.29) is 31.1 Å². The van der Waals surface area contributed by atoms with Crippen LogP contribution in [0.3, 0.4) is 0 Å². The van der Waals surface area contributed by atoms with Crippen molar-refractivity contribution in [1.29, 1.82) is 0 Å². The Morgan fingerprint density at radius 2 is 1.56 bits per heavy atom. The second kappa shape index (κ2) is 12.6. The summed E-state index contributed by atoms with van der Waals surface area (Å²) in [7, 11) is 1.60. The van der Waals surface area contributed by atoms with Gasteiger partial charge in [0, 0.05) is 55.2 Å². The Labute approximate surface area is 239 Å². The number of anilines is 2. The Morgan fingerprint density at radius 3 is 2.24 bits per heavy atom. The fourth-order valence-electron chi connectivity index (χ4n) is 4.95. The van der Waals surface area contributed by atoms with E-state index in [9.17, 15) is 14.4 Å². The second-order valence-electron chi connectivity index (χ2n) is 9.90. The van der Waals surface area contributed by atoms with Crippen molar-refractivity contribution in [2.75, 3.05) is 63.4 Å². The summed E-state index contributed by atoms with van der Waals surface area (Å²) in [6, 6.07) is 19.8. The quantitative estimate of drug-likeness (QED) is 0.426. The molecule has 3 aromatic rings. The van der Waals surface area contributed by atoms with E-state index in [1.807, 2.05) is 36.1 Å². The molecule has 1 N–H and O–H groups in total. The molecule has 0 unspecified atom stereocenters. The fourth-order valence-corrected chi connectivity index (χ4v) is 4.95. The van der Waals surface area contributed by atoms with Crippen LogP contribution in [-0.4, -0.2) is 80.7 Å². The lowest BCUT2D eigenvalue weighted by Crippen LogP contribution is -2.48. The van der Waals surface area contributed by atoms with Crippen LogP contribution in [0.4, 0.5) is 11.4 Å². The maximum atomic E-state index is 13.1. The van der Waals surface area contributed by atoms with E-state index in [4.69, 9.17) is 14.2 Å². The average Bonchev–Trinajstić information content (AvgIpc) is 3.49. The molecular weight excluding hydrogens is 524 g/mol. The van der Waals surface area contributed by atoms with Gasteiger partial charge in [-0.05, 0) is 73.2 Å². The van der Waals surface area contributed by atoms with Crippen molar-refractivity contribution in [3.63, 3.8) is 0 Å². The summed E-state index contributed by atoms with van der Waals surface area (Å²) in [5, 5.41) is 2.90. The fraction of sp³-hybridized carbons (Fsp3) is 0.323. The summed E-state index contributed by atoms with van der Waals surface area (Å²) >= 11 is 0. The van der Waals surface area contributed by atoms with E-state index in [0.717, 1.165) is 17.9 Å². The van der Waals surface area contributed by atoms with Gasteiger partial charge in [-0.2, -0.15) is 0 Å². The number of hydrogen-bond donors (Lipinski definition) is 1. The lowest BCUT2D eigenvalue weighted by Gasteiger charge is -2.36.